The zero-order valence-electron chi connectivity index (χ0n) is 11.3. The summed E-state index contributed by atoms with van der Waals surface area (Å²) in [6.45, 7) is 4.24. The van der Waals surface area contributed by atoms with Gasteiger partial charge in [-0.3, -0.25) is 9.69 Å². The summed E-state index contributed by atoms with van der Waals surface area (Å²) >= 11 is 0. The number of amides is 1. The Hall–Kier alpha value is -1.10. The van der Waals surface area contributed by atoms with Crippen molar-refractivity contribution < 1.29 is 4.79 Å². The highest BCUT2D eigenvalue weighted by Crippen LogP contribution is 2.18. The third-order valence-electron chi connectivity index (χ3n) is 3.48. The maximum atomic E-state index is 11.1. The number of nitrogens with two attached hydrogens (primary N) is 1. The average molecular weight is 284 g/mol. The van der Waals surface area contributed by atoms with E-state index in [-0.39, 0.29) is 18.3 Å². The van der Waals surface area contributed by atoms with Gasteiger partial charge in [-0.25, -0.2) is 0 Å². The van der Waals surface area contributed by atoms with E-state index in [4.69, 9.17) is 5.73 Å². The Balaban J connectivity index is 0.00000180. The Morgan fingerprint density at radius 2 is 2.32 bits per heavy atom. The molecule has 0 aromatic heterocycles. The highest BCUT2D eigenvalue weighted by Gasteiger charge is 2.21. The molecule has 0 saturated carbocycles. The molecule has 1 atom stereocenters. The number of carbonyl (C=O) groups excluding carboxylic acids is 1. The average Bonchev–Trinajstić information content (AvgIpc) is 2.77. The van der Waals surface area contributed by atoms with Crippen LogP contribution in [0.25, 0.3) is 0 Å². The molecule has 0 aliphatic carbocycles. The van der Waals surface area contributed by atoms with Crippen LogP contribution in [-0.4, -0.2) is 37.5 Å². The van der Waals surface area contributed by atoms with Crippen LogP contribution in [0.2, 0.25) is 0 Å². The second-order valence-corrected chi connectivity index (χ2v) is 5.01. The highest BCUT2D eigenvalue weighted by molar-refractivity contribution is 5.92. The van der Waals surface area contributed by atoms with E-state index >= 15 is 0 Å². The summed E-state index contributed by atoms with van der Waals surface area (Å²) < 4.78 is 0. The van der Waals surface area contributed by atoms with Crippen molar-refractivity contribution >= 4 is 18.3 Å². The number of benzene rings is 1. The zero-order chi connectivity index (χ0) is 13.0. The first-order valence-corrected chi connectivity index (χ1v) is 6.44. The number of rotatable bonds is 5. The molecule has 1 aromatic rings. The third kappa shape index (κ3) is 4.49. The van der Waals surface area contributed by atoms with Crippen LogP contribution in [0.4, 0.5) is 0 Å². The van der Waals surface area contributed by atoms with Gasteiger partial charge >= 0.3 is 0 Å². The van der Waals surface area contributed by atoms with Gasteiger partial charge < -0.3 is 11.1 Å². The van der Waals surface area contributed by atoms with Crippen LogP contribution in [0, 0.1) is 5.92 Å². The lowest BCUT2D eigenvalue weighted by Crippen LogP contribution is -2.24. The third-order valence-corrected chi connectivity index (χ3v) is 3.48. The largest absolute Gasteiger partial charge is 0.366 e. The van der Waals surface area contributed by atoms with E-state index in [2.05, 4.69) is 16.3 Å². The predicted octanol–water partition coefficient (Wildman–Crippen LogP) is 1.25. The van der Waals surface area contributed by atoms with Crippen molar-refractivity contribution in [3.8, 4) is 0 Å². The first-order chi connectivity index (χ1) is 8.69. The molecule has 2 rings (SSSR count). The van der Waals surface area contributed by atoms with Crippen LogP contribution < -0.4 is 11.1 Å². The summed E-state index contributed by atoms with van der Waals surface area (Å²) in [6, 6.07) is 7.61. The van der Waals surface area contributed by atoms with Crippen LogP contribution >= 0.6 is 12.4 Å². The second kappa shape index (κ2) is 7.48. The fraction of sp³-hybridized carbons (Fsp3) is 0.500. The normalized spacial score (nSPS) is 19.1. The number of likely N-dealkylation sites (tertiary alicyclic amines) is 1. The first kappa shape index (κ1) is 16.0. The molecule has 1 amide bonds. The Labute approximate surface area is 120 Å². The SMILES string of the molecule is CNCC1CCN(Cc2cccc(C(N)=O)c2)C1.Cl. The van der Waals surface area contributed by atoms with Gasteiger partial charge in [0.25, 0.3) is 0 Å². The van der Waals surface area contributed by atoms with E-state index in [1.54, 1.807) is 6.07 Å². The number of nitrogens with zero attached hydrogens (tertiary/aromatic N) is 1. The lowest BCUT2D eigenvalue weighted by Gasteiger charge is -2.16. The van der Waals surface area contributed by atoms with Gasteiger partial charge in [0.2, 0.25) is 5.91 Å². The van der Waals surface area contributed by atoms with Crippen molar-refractivity contribution in [1.82, 2.24) is 10.2 Å². The van der Waals surface area contributed by atoms with Crippen molar-refractivity contribution in [2.75, 3.05) is 26.7 Å². The molecule has 1 heterocycles. The van der Waals surface area contributed by atoms with Gasteiger partial charge in [-0.15, -0.1) is 12.4 Å². The number of primary amides is 1. The molecule has 1 aromatic carbocycles. The van der Waals surface area contributed by atoms with Gasteiger partial charge in [-0.2, -0.15) is 0 Å². The maximum absolute atomic E-state index is 11.1. The van der Waals surface area contributed by atoms with E-state index in [1.807, 2.05) is 19.2 Å². The van der Waals surface area contributed by atoms with Crippen molar-refractivity contribution in [2.24, 2.45) is 11.7 Å². The Kier molecular flexibility index (Phi) is 6.28. The van der Waals surface area contributed by atoms with Crippen molar-refractivity contribution in [3.63, 3.8) is 0 Å². The van der Waals surface area contributed by atoms with Crippen LogP contribution in [-0.2, 0) is 6.54 Å². The molecule has 19 heavy (non-hydrogen) atoms. The zero-order valence-corrected chi connectivity index (χ0v) is 12.1. The molecule has 0 bridgehead atoms. The van der Waals surface area contributed by atoms with E-state index in [0.717, 1.165) is 37.7 Å². The first-order valence-electron chi connectivity index (χ1n) is 6.44. The maximum Gasteiger partial charge on any atom is 0.248 e. The van der Waals surface area contributed by atoms with E-state index in [1.165, 1.54) is 6.42 Å². The quantitative estimate of drug-likeness (QED) is 0.855. The minimum atomic E-state index is -0.355. The minimum absolute atomic E-state index is 0. The molecular weight excluding hydrogens is 262 g/mol. The molecule has 1 aliphatic rings. The van der Waals surface area contributed by atoms with E-state index in [0.29, 0.717) is 5.56 Å². The van der Waals surface area contributed by atoms with E-state index < -0.39 is 0 Å². The Morgan fingerprint density at radius 1 is 1.53 bits per heavy atom. The van der Waals surface area contributed by atoms with Crippen LogP contribution in [0.5, 0.6) is 0 Å². The van der Waals surface area contributed by atoms with Gasteiger partial charge in [0.1, 0.15) is 0 Å². The number of carbonyl (C=O) groups is 1. The summed E-state index contributed by atoms with van der Waals surface area (Å²) in [5.74, 6) is 0.389. The van der Waals surface area contributed by atoms with E-state index in [9.17, 15) is 4.79 Å². The van der Waals surface area contributed by atoms with Gasteiger partial charge in [-0.1, -0.05) is 12.1 Å². The molecule has 0 radical (unpaired) electrons. The molecule has 1 fully saturated rings. The summed E-state index contributed by atoms with van der Waals surface area (Å²) in [7, 11) is 2.00. The van der Waals surface area contributed by atoms with Crippen molar-refractivity contribution in [1.29, 1.82) is 0 Å². The van der Waals surface area contributed by atoms with Gasteiger partial charge in [-0.05, 0) is 50.2 Å². The lowest BCUT2D eigenvalue weighted by atomic mass is 10.1. The van der Waals surface area contributed by atoms with Crippen LogP contribution in [0.1, 0.15) is 22.3 Å². The van der Waals surface area contributed by atoms with Crippen molar-refractivity contribution in [3.05, 3.63) is 35.4 Å². The minimum Gasteiger partial charge on any atom is -0.366 e. The molecule has 106 valence electrons. The summed E-state index contributed by atoms with van der Waals surface area (Å²) in [5.41, 5.74) is 7.05. The smallest absolute Gasteiger partial charge is 0.248 e. The standard InChI is InChI=1S/C14H21N3O.ClH/c1-16-8-12-5-6-17(10-12)9-11-3-2-4-13(7-11)14(15)18;/h2-4,7,12,16H,5-6,8-10H2,1H3,(H2,15,18);1H. The molecule has 0 spiro atoms. The van der Waals surface area contributed by atoms with Crippen LogP contribution in [0.15, 0.2) is 24.3 Å². The molecule has 5 heteroatoms. The van der Waals surface area contributed by atoms with Gasteiger partial charge in [0.05, 0.1) is 0 Å². The summed E-state index contributed by atoms with van der Waals surface area (Å²) in [5, 5.41) is 3.23. The Morgan fingerprint density at radius 3 is 3.00 bits per heavy atom. The van der Waals surface area contributed by atoms with Gasteiger partial charge in [0, 0.05) is 18.7 Å². The van der Waals surface area contributed by atoms with Crippen molar-refractivity contribution in [2.45, 2.75) is 13.0 Å². The molecular formula is C14H22ClN3O. The molecule has 1 saturated heterocycles. The van der Waals surface area contributed by atoms with Gasteiger partial charge in [0.15, 0.2) is 0 Å². The number of nitrogens with one attached hydrogen (secondary N) is 1. The molecule has 3 N–H and O–H groups in total. The lowest BCUT2D eigenvalue weighted by molar-refractivity contribution is 0.1000. The monoisotopic (exact) mass is 283 g/mol. The van der Waals surface area contributed by atoms with Crippen LogP contribution in [0.3, 0.4) is 0 Å². The fourth-order valence-electron chi connectivity index (χ4n) is 2.59. The summed E-state index contributed by atoms with van der Waals surface area (Å²) in [6.07, 6.45) is 1.25. The molecule has 4 nitrogen and oxygen atoms in total. The number of halogens is 1. The topological polar surface area (TPSA) is 58.4 Å². The fourth-order valence-corrected chi connectivity index (χ4v) is 2.59. The Bertz CT molecular complexity index is 425. The summed E-state index contributed by atoms with van der Waals surface area (Å²) in [4.78, 5) is 13.6. The predicted molar refractivity (Wildman–Crippen MR) is 79.5 cm³/mol. The second-order valence-electron chi connectivity index (χ2n) is 5.01. The molecule has 1 aliphatic heterocycles. The molecule has 1 unspecified atom stereocenters. The highest BCUT2D eigenvalue weighted by atomic mass is 35.5. The number of hydrogen-bond acceptors (Lipinski definition) is 3. The number of hydrogen-bond donors (Lipinski definition) is 2.